The minimum atomic E-state index is -0.560. The summed E-state index contributed by atoms with van der Waals surface area (Å²) in [6.45, 7) is 0.632. The molecule has 0 bridgehead atoms. The SMILES string of the molecule is CNCC(=O)OCn1cc(CCNc2ncnc3ccsc23)s/c1=N\C(=O)Nc1cccc(Cl)c1. The molecule has 35 heavy (non-hydrogen) atoms. The second-order valence-electron chi connectivity index (χ2n) is 7.21. The lowest BCUT2D eigenvalue weighted by molar-refractivity contribution is -0.146. The summed E-state index contributed by atoms with van der Waals surface area (Å²) in [6.07, 6.45) is 4.01. The number of thiazole rings is 1. The van der Waals surface area contributed by atoms with Crippen molar-refractivity contribution in [3.63, 3.8) is 0 Å². The van der Waals surface area contributed by atoms with Crippen LogP contribution in [0.3, 0.4) is 0 Å². The van der Waals surface area contributed by atoms with Gasteiger partial charge in [0.15, 0.2) is 11.5 Å². The molecule has 0 aliphatic carbocycles. The van der Waals surface area contributed by atoms with Crippen molar-refractivity contribution in [2.24, 2.45) is 4.99 Å². The Bertz CT molecular complexity index is 1400. The molecule has 13 heteroatoms. The zero-order valence-corrected chi connectivity index (χ0v) is 21.0. The van der Waals surface area contributed by atoms with Crippen molar-refractivity contribution < 1.29 is 14.3 Å². The standard InChI is InChI=1S/C22H22ClN7O3S2/c1-24-10-18(31)33-13-30-11-16(5-7-25-20-19-17(6-8-34-19)26-12-27-20)35-22(30)29-21(32)28-15-4-2-3-14(23)9-15/h2-4,6,8-9,11-12,24H,5,7,10,13H2,1H3,(H,28,32)(H,25,26,27)/b29-22-. The fourth-order valence-corrected chi connectivity index (χ4v) is 5.06. The molecule has 0 fully saturated rings. The normalized spacial score (nSPS) is 11.5. The van der Waals surface area contributed by atoms with E-state index in [1.807, 2.05) is 17.6 Å². The third kappa shape index (κ3) is 6.85. The molecule has 3 heterocycles. The molecule has 4 aromatic rings. The van der Waals surface area contributed by atoms with Gasteiger partial charge in [-0.15, -0.1) is 22.7 Å². The van der Waals surface area contributed by atoms with Gasteiger partial charge in [-0.3, -0.25) is 9.36 Å². The van der Waals surface area contributed by atoms with Gasteiger partial charge in [0.2, 0.25) is 0 Å². The Balaban J connectivity index is 1.48. The largest absolute Gasteiger partial charge is 0.443 e. The number of urea groups is 1. The fourth-order valence-electron chi connectivity index (χ4n) is 3.09. The predicted molar refractivity (Wildman–Crippen MR) is 138 cm³/mol. The summed E-state index contributed by atoms with van der Waals surface area (Å²) in [5, 5.41) is 11.3. The second-order valence-corrected chi connectivity index (χ2v) is 9.66. The number of likely N-dealkylation sites (N-methyl/N-ethyl adjacent to an activating group) is 1. The third-order valence-corrected chi connectivity index (χ3v) is 6.86. The van der Waals surface area contributed by atoms with Crippen LogP contribution in [0.5, 0.6) is 0 Å². The molecular weight excluding hydrogens is 510 g/mol. The molecule has 0 spiro atoms. The van der Waals surface area contributed by atoms with Gasteiger partial charge < -0.3 is 20.7 Å². The molecule has 4 rings (SSSR count). The average Bonchev–Trinajstić information content (AvgIpc) is 3.45. The van der Waals surface area contributed by atoms with Crippen LogP contribution in [-0.2, 0) is 22.7 Å². The van der Waals surface area contributed by atoms with Crippen LogP contribution in [-0.4, -0.2) is 46.7 Å². The maximum atomic E-state index is 12.5. The highest BCUT2D eigenvalue weighted by Crippen LogP contribution is 2.24. The highest BCUT2D eigenvalue weighted by molar-refractivity contribution is 7.17. The number of thiophene rings is 1. The Labute approximate surface area is 213 Å². The number of fused-ring (bicyclic) bond motifs is 1. The summed E-state index contributed by atoms with van der Waals surface area (Å²) in [6, 6.07) is 8.19. The minimum Gasteiger partial charge on any atom is -0.443 e. The van der Waals surface area contributed by atoms with E-state index in [0.29, 0.717) is 28.5 Å². The van der Waals surface area contributed by atoms with Crippen LogP contribution in [0, 0.1) is 0 Å². The first-order chi connectivity index (χ1) is 17.0. The number of nitrogens with one attached hydrogen (secondary N) is 3. The summed E-state index contributed by atoms with van der Waals surface area (Å²) in [5.41, 5.74) is 1.43. The summed E-state index contributed by atoms with van der Waals surface area (Å²) in [4.78, 5) is 38.4. The van der Waals surface area contributed by atoms with E-state index in [1.165, 1.54) is 17.7 Å². The molecule has 2 amide bonds. The van der Waals surface area contributed by atoms with Gasteiger partial charge in [-0.25, -0.2) is 14.8 Å². The number of anilines is 2. The van der Waals surface area contributed by atoms with Crippen molar-refractivity contribution in [3.05, 3.63) is 62.9 Å². The number of esters is 1. The molecule has 182 valence electrons. The highest BCUT2D eigenvalue weighted by atomic mass is 35.5. The maximum absolute atomic E-state index is 12.5. The second kappa shape index (κ2) is 11.9. The van der Waals surface area contributed by atoms with Crippen LogP contribution in [0.4, 0.5) is 16.3 Å². The van der Waals surface area contributed by atoms with Crippen molar-refractivity contribution in [1.82, 2.24) is 19.9 Å². The van der Waals surface area contributed by atoms with E-state index in [1.54, 1.807) is 47.2 Å². The first kappa shape index (κ1) is 24.8. The first-order valence-electron chi connectivity index (χ1n) is 10.5. The summed E-state index contributed by atoms with van der Waals surface area (Å²) < 4.78 is 7.91. The van der Waals surface area contributed by atoms with E-state index < -0.39 is 12.0 Å². The number of amides is 2. The molecule has 0 aliphatic rings. The van der Waals surface area contributed by atoms with Crippen LogP contribution in [0.15, 0.2) is 53.2 Å². The number of rotatable bonds is 9. The van der Waals surface area contributed by atoms with E-state index in [0.717, 1.165) is 20.9 Å². The number of hydrogen-bond donors (Lipinski definition) is 3. The quantitative estimate of drug-likeness (QED) is 0.281. The van der Waals surface area contributed by atoms with Gasteiger partial charge >= 0.3 is 12.0 Å². The van der Waals surface area contributed by atoms with Gasteiger partial charge in [0.05, 0.1) is 16.8 Å². The van der Waals surface area contributed by atoms with Crippen molar-refractivity contribution >= 4 is 68.0 Å². The van der Waals surface area contributed by atoms with Crippen molar-refractivity contribution in [3.8, 4) is 0 Å². The minimum absolute atomic E-state index is 0.0601. The van der Waals surface area contributed by atoms with Gasteiger partial charge in [0, 0.05) is 34.7 Å². The van der Waals surface area contributed by atoms with E-state index >= 15 is 0 Å². The summed E-state index contributed by atoms with van der Waals surface area (Å²) in [5.74, 6) is 0.369. The monoisotopic (exact) mass is 531 g/mol. The molecule has 1 aromatic carbocycles. The Morgan fingerprint density at radius 3 is 2.97 bits per heavy atom. The van der Waals surface area contributed by atoms with Gasteiger partial charge in [-0.1, -0.05) is 17.7 Å². The highest BCUT2D eigenvalue weighted by Gasteiger charge is 2.10. The maximum Gasteiger partial charge on any atom is 0.348 e. The zero-order chi connectivity index (χ0) is 24.6. The lowest BCUT2D eigenvalue weighted by Crippen LogP contribution is -2.25. The van der Waals surface area contributed by atoms with Crippen LogP contribution in [0.25, 0.3) is 10.2 Å². The van der Waals surface area contributed by atoms with Crippen LogP contribution >= 0.6 is 34.3 Å². The van der Waals surface area contributed by atoms with Gasteiger partial charge in [0.1, 0.15) is 12.1 Å². The molecule has 0 saturated carbocycles. The summed E-state index contributed by atoms with van der Waals surface area (Å²) in [7, 11) is 1.66. The zero-order valence-electron chi connectivity index (χ0n) is 18.7. The number of hydrogen-bond acceptors (Lipinski definition) is 9. The van der Waals surface area contributed by atoms with Crippen LogP contribution in [0.2, 0.25) is 5.02 Å². The Morgan fingerprint density at radius 2 is 2.14 bits per heavy atom. The number of carbonyl (C=O) groups excluding carboxylic acids is 2. The molecule has 0 saturated heterocycles. The number of aromatic nitrogens is 3. The van der Waals surface area contributed by atoms with E-state index in [-0.39, 0.29) is 13.3 Å². The molecular formula is C22H22ClN7O3S2. The van der Waals surface area contributed by atoms with E-state index in [4.69, 9.17) is 16.3 Å². The Hall–Kier alpha value is -3.32. The van der Waals surface area contributed by atoms with Crippen LogP contribution in [0.1, 0.15) is 4.88 Å². The smallest absolute Gasteiger partial charge is 0.348 e. The van der Waals surface area contributed by atoms with Crippen molar-refractivity contribution in [1.29, 1.82) is 0 Å². The van der Waals surface area contributed by atoms with E-state index in [9.17, 15) is 9.59 Å². The fraction of sp³-hybridized carbons (Fsp3) is 0.227. The topological polar surface area (TPSA) is 123 Å². The Kier molecular flexibility index (Phi) is 8.42. The lowest BCUT2D eigenvalue weighted by Gasteiger charge is -2.06. The average molecular weight is 532 g/mol. The molecule has 10 nitrogen and oxygen atoms in total. The predicted octanol–water partition coefficient (Wildman–Crippen LogP) is 3.72. The van der Waals surface area contributed by atoms with Gasteiger partial charge in [0.25, 0.3) is 0 Å². The number of ether oxygens (including phenoxy) is 1. The number of halogens is 1. The molecule has 0 atom stereocenters. The lowest BCUT2D eigenvalue weighted by atomic mass is 10.3. The Morgan fingerprint density at radius 1 is 1.26 bits per heavy atom. The molecule has 0 radical (unpaired) electrons. The van der Waals surface area contributed by atoms with Gasteiger partial charge in [-0.2, -0.15) is 4.99 Å². The number of benzene rings is 1. The number of carbonyl (C=O) groups is 2. The van der Waals surface area contributed by atoms with Crippen molar-refractivity contribution in [2.45, 2.75) is 13.2 Å². The number of nitrogens with zero attached hydrogens (tertiary/aromatic N) is 4. The third-order valence-electron chi connectivity index (χ3n) is 4.63. The molecule has 0 aliphatic heterocycles. The van der Waals surface area contributed by atoms with Gasteiger partial charge in [-0.05, 0) is 36.7 Å². The molecule has 0 unspecified atom stereocenters. The van der Waals surface area contributed by atoms with Crippen LogP contribution < -0.4 is 20.8 Å². The summed E-state index contributed by atoms with van der Waals surface area (Å²) >= 11 is 8.90. The molecule has 3 aromatic heterocycles. The van der Waals surface area contributed by atoms with E-state index in [2.05, 4.69) is 30.9 Å². The van der Waals surface area contributed by atoms with Crippen molar-refractivity contribution in [2.75, 3.05) is 30.8 Å². The molecule has 3 N–H and O–H groups in total. The first-order valence-corrected chi connectivity index (χ1v) is 12.6.